The summed E-state index contributed by atoms with van der Waals surface area (Å²) in [6.07, 6.45) is 1.60. The van der Waals surface area contributed by atoms with Crippen LogP contribution in [-0.2, 0) is 19.7 Å². The van der Waals surface area contributed by atoms with Gasteiger partial charge < -0.3 is 14.2 Å². The molecule has 7 heteroatoms. The maximum Gasteiger partial charge on any atom is 0.254 e. The van der Waals surface area contributed by atoms with Crippen molar-refractivity contribution in [2.45, 2.75) is 26.6 Å². The highest BCUT2D eigenvalue weighted by Crippen LogP contribution is 2.17. The summed E-state index contributed by atoms with van der Waals surface area (Å²) < 4.78 is 7.77. The third-order valence-corrected chi connectivity index (χ3v) is 4.44. The highest BCUT2D eigenvalue weighted by molar-refractivity contribution is 5.94. The number of nitrogens with zero attached hydrogens (tertiary/aromatic N) is 5. The second-order valence-electron chi connectivity index (χ2n) is 6.20. The number of ether oxygens (including phenoxy) is 1. The molecule has 3 heterocycles. The van der Waals surface area contributed by atoms with E-state index in [4.69, 9.17) is 4.74 Å². The fourth-order valence-corrected chi connectivity index (χ4v) is 3.01. The quantitative estimate of drug-likeness (QED) is 0.722. The molecule has 0 N–H and O–H groups in total. The molecule has 0 radical (unpaired) electrons. The molecule has 0 spiro atoms. The predicted molar refractivity (Wildman–Crippen MR) is 94.5 cm³/mol. The highest BCUT2D eigenvalue weighted by Gasteiger charge is 2.24. The zero-order valence-corrected chi connectivity index (χ0v) is 14.5. The third kappa shape index (κ3) is 3.28. The number of hydrogen-bond donors (Lipinski definition) is 0. The average molecular weight is 349 g/mol. The largest absolute Gasteiger partial charge is 0.473 e. The van der Waals surface area contributed by atoms with E-state index in [1.165, 1.54) is 0 Å². The summed E-state index contributed by atoms with van der Waals surface area (Å²) in [5.41, 5.74) is 1.62. The number of benzene rings is 1. The number of hydrogen-bond acceptors (Lipinski definition) is 5. The Morgan fingerprint density at radius 2 is 2.00 bits per heavy atom. The monoisotopic (exact) mass is 349 g/mol. The average Bonchev–Trinajstić information content (AvgIpc) is 3.07. The Kier molecular flexibility index (Phi) is 4.35. The molecule has 1 aromatic carbocycles. The molecule has 132 valence electrons. The second-order valence-corrected chi connectivity index (χ2v) is 6.20. The van der Waals surface area contributed by atoms with E-state index in [9.17, 15) is 4.79 Å². The van der Waals surface area contributed by atoms with E-state index in [2.05, 4.69) is 15.2 Å². The van der Waals surface area contributed by atoms with Gasteiger partial charge in [0.1, 0.15) is 12.4 Å². The SMILES string of the molecule is Cc1nnc2n1CCN(C(=O)c1ccnc(OCc3ccccc3)c1)C2. The van der Waals surface area contributed by atoms with Crippen LogP contribution in [0.25, 0.3) is 0 Å². The lowest BCUT2D eigenvalue weighted by atomic mass is 10.2. The lowest BCUT2D eigenvalue weighted by Gasteiger charge is -2.27. The number of pyridine rings is 1. The molecule has 2 aromatic heterocycles. The van der Waals surface area contributed by atoms with Crippen molar-refractivity contribution >= 4 is 5.91 Å². The lowest BCUT2D eigenvalue weighted by molar-refractivity contribution is 0.0706. The Bertz CT molecular complexity index is 923. The van der Waals surface area contributed by atoms with E-state index in [1.807, 2.05) is 41.8 Å². The molecule has 0 unspecified atom stereocenters. The number of aryl methyl sites for hydroxylation is 1. The van der Waals surface area contributed by atoms with Gasteiger partial charge in [0.15, 0.2) is 5.82 Å². The first-order chi connectivity index (χ1) is 12.7. The Hall–Kier alpha value is -3.22. The normalized spacial score (nSPS) is 13.3. The van der Waals surface area contributed by atoms with Crippen molar-refractivity contribution < 1.29 is 9.53 Å². The molecule has 7 nitrogen and oxygen atoms in total. The van der Waals surface area contributed by atoms with Gasteiger partial charge in [-0.3, -0.25) is 4.79 Å². The standard InChI is InChI=1S/C19H19N5O2/c1-14-21-22-17-12-23(9-10-24(14)17)19(25)16-7-8-20-18(11-16)26-13-15-5-3-2-4-6-15/h2-8,11H,9-10,12-13H2,1H3. The van der Waals surface area contributed by atoms with Crippen LogP contribution in [0.4, 0.5) is 0 Å². The minimum Gasteiger partial charge on any atom is -0.473 e. The topological polar surface area (TPSA) is 73.1 Å². The molecule has 1 aliphatic heterocycles. The van der Waals surface area contributed by atoms with Crippen molar-refractivity contribution in [1.29, 1.82) is 0 Å². The van der Waals surface area contributed by atoms with E-state index in [0.717, 1.165) is 17.2 Å². The van der Waals surface area contributed by atoms with E-state index >= 15 is 0 Å². The number of fused-ring (bicyclic) bond motifs is 1. The molecule has 26 heavy (non-hydrogen) atoms. The molecule has 0 saturated heterocycles. The molecule has 0 atom stereocenters. The summed E-state index contributed by atoms with van der Waals surface area (Å²) in [7, 11) is 0. The zero-order valence-electron chi connectivity index (χ0n) is 14.5. The number of rotatable bonds is 4. The van der Waals surface area contributed by atoms with Gasteiger partial charge in [0.25, 0.3) is 5.91 Å². The maximum atomic E-state index is 12.8. The predicted octanol–water partition coefficient (Wildman–Crippen LogP) is 2.22. The van der Waals surface area contributed by atoms with Crippen molar-refractivity contribution in [2.24, 2.45) is 0 Å². The van der Waals surface area contributed by atoms with Crippen LogP contribution in [0, 0.1) is 6.92 Å². The van der Waals surface area contributed by atoms with Crippen LogP contribution in [-0.4, -0.2) is 37.1 Å². The third-order valence-electron chi connectivity index (χ3n) is 4.44. The van der Waals surface area contributed by atoms with E-state index < -0.39 is 0 Å². The molecular formula is C19H19N5O2. The maximum absolute atomic E-state index is 12.8. The molecule has 1 aliphatic rings. The number of amides is 1. The first-order valence-corrected chi connectivity index (χ1v) is 8.51. The smallest absolute Gasteiger partial charge is 0.254 e. The molecule has 0 fully saturated rings. The molecule has 0 aliphatic carbocycles. The molecule has 0 bridgehead atoms. The first kappa shape index (κ1) is 16.3. The van der Waals surface area contributed by atoms with Crippen molar-refractivity contribution in [3.05, 3.63) is 71.4 Å². The van der Waals surface area contributed by atoms with Gasteiger partial charge in [0, 0.05) is 30.9 Å². The van der Waals surface area contributed by atoms with Crippen LogP contribution in [0.1, 0.15) is 27.6 Å². The van der Waals surface area contributed by atoms with Crippen LogP contribution in [0.5, 0.6) is 5.88 Å². The summed E-state index contributed by atoms with van der Waals surface area (Å²) in [6, 6.07) is 13.3. The van der Waals surface area contributed by atoms with Crippen molar-refractivity contribution in [2.75, 3.05) is 6.54 Å². The summed E-state index contributed by atoms with van der Waals surface area (Å²) in [5, 5.41) is 8.22. The Morgan fingerprint density at radius 1 is 1.15 bits per heavy atom. The number of carbonyl (C=O) groups excluding carboxylic acids is 1. The van der Waals surface area contributed by atoms with Gasteiger partial charge in [-0.2, -0.15) is 0 Å². The van der Waals surface area contributed by atoms with Crippen LogP contribution < -0.4 is 4.74 Å². The summed E-state index contributed by atoms with van der Waals surface area (Å²) in [5.74, 6) is 2.09. The van der Waals surface area contributed by atoms with Crippen LogP contribution in [0.3, 0.4) is 0 Å². The molecule has 0 saturated carbocycles. The molecule has 1 amide bonds. The second kappa shape index (κ2) is 6.95. The van der Waals surface area contributed by atoms with Crippen LogP contribution >= 0.6 is 0 Å². The summed E-state index contributed by atoms with van der Waals surface area (Å²) >= 11 is 0. The first-order valence-electron chi connectivity index (χ1n) is 8.51. The summed E-state index contributed by atoms with van der Waals surface area (Å²) in [4.78, 5) is 18.8. The minimum atomic E-state index is -0.0520. The Balaban J connectivity index is 1.45. The van der Waals surface area contributed by atoms with E-state index in [-0.39, 0.29) is 5.91 Å². The molecular weight excluding hydrogens is 330 g/mol. The highest BCUT2D eigenvalue weighted by atomic mass is 16.5. The Labute approximate surface area is 151 Å². The van der Waals surface area contributed by atoms with E-state index in [0.29, 0.717) is 37.7 Å². The minimum absolute atomic E-state index is 0.0520. The lowest BCUT2D eigenvalue weighted by Crippen LogP contribution is -2.38. The Morgan fingerprint density at radius 3 is 2.85 bits per heavy atom. The van der Waals surface area contributed by atoms with Gasteiger partial charge in [-0.15, -0.1) is 10.2 Å². The van der Waals surface area contributed by atoms with Gasteiger partial charge in [-0.25, -0.2) is 4.98 Å². The number of carbonyl (C=O) groups is 1. The van der Waals surface area contributed by atoms with E-state index in [1.54, 1.807) is 23.2 Å². The van der Waals surface area contributed by atoms with Crippen LogP contribution in [0.15, 0.2) is 48.7 Å². The van der Waals surface area contributed by atoms with Crippen molar-refractivity contribution in [3.8, 4) is 5.88 Å². The van der Waals surface area contributed by atoms with Gasteiger partial charge >= 0.3 is 0 Å². The number of aromatic nitrogens is 4. The van der Waals surface area contributed by atoms with Gasteiger partial charge in [-0.1, -0.05) is 30.3 Å². The zero-order chi connectivity index (χ0) is 17.9. The van der Waals surface area contributed by atoms with Crippen LogP contribution in [0.2, 0.25) is 0 Å². The molecule has 4 rings (SSSR count). The fourth-order valence-electron chi connectivity index (χ4n) is 3.01. The van der Waals surface area contributed by atoms with Gasteiger partial charge in [0.05, 0.1) is 6.54 Å². The van der Waals surface area contributed by atoms with Crippen molar-refractivity contribution in [1.82, 2.24) is 24.6 Å². The van der Waals surface area contributed by atoms with Gasteiger partial charge in [-0.05, 0) is 18.6 Å². The fraction of sp³-hybridized carbons (Fsp3) is 0.263. The molecule has 3 aromatic rings. The van der Waals surface area contributed by atoms with Gasteiger partial charge in [0.2, 0.25) is 5.88 Å². The summed E-state index contributed by atoms with van der Waals surface area (Å²) in [6.45, 7) is 4.14. The van der Waals surface area contributed by atoms with Crippen molar-refractivity contribution in [3.63, 3.8) is 0 Å².